The molecular weight excluding hydrogens is 200 g/mol. The molecule has 16 heavy (non-hydrogen) atoms. The van der Waals surface area contributed by atoms with Crippen LogP contribution in [0.4, 0.5) is 0 Å². The molecule has 1 unspecified atom stereocenters. The molecule has 0 aliphatic rings. The van der Waals surface area contributed by atoms with Crippen LogP contribution in [0.3, 0.4) is 0 Å². The summed E-state index contributed by atoms with van der Waals surface area (Å²) in [5.74, 6) is 0.252. The Balaban J connectivity index is 4.51. The number of hydrogen-bond donors (Lipinski definition) is 0. The highest BCUT2D eigenvalue weighted by Gasteiger charge is 2.21. The zero-order valence-electron chi connectivity index (χ0n) is 11.8. The molecule has 0 aromatic rings. The largest absolute Gasteiger partial charge is 0.299 e. The SMILES string of the molecule is CCC(N=C(C)CC(=O)C(C)(C)C)N(C)C. The zero-order valence-corrected chi connectivity index (χ0v) is 11.8. The van der Waals surface area contributed by atoms with Crippen molar-refractivity contribution in [3.05, 3.63) is 0 Å². The van der Waals surface area contributed by atoms with Gasteiger partial charge in [-0.1, -0.05) is 27.7 Å². The van der Waals surface area contributed by atoms with E-state index in [0.717, 1.165) is 12.1 Å². The summed E-state index contributed by atoms with van der Waals surface area (Å²) in [4.78, 5) is 18.5. The molecule has 0 aliphatic heterocycles. The maximum atomic E-state index is 11.8. The Morgan fingerprint density at radius 1 is 1.31 bits per heavy atom. The van der Waals surface area contributed by atoms with E-state index >= 15 is 0 Å². The highest BCUT2D eigenvalue weighted by molar-refractivity contribution is 6.02. The fourth-order valence-corrected chi connectivity index (χ4v) is 1.37. The van der Waals surface area contributed by atoms with E-state index in [4.69, 9.17) is 0 Å². The Morgan fingerprint density at radius 2 is 1.81 bits per heavy atom. The molecule has 0 saturated heterocycles. The average Bonchev–Trinajstić information content (AvgIpc) is 2.11. The first-order valence-electron chi connectivity index (χ1n) is 5.91. The molecule has 0 fully saturated rings. The van der Waals surface area contributed by atoms with Crippen LogP contribution in [0.5, 0.6) is 0 Å². The van der Waals surface area contributed by atoms with Gasteiger partial charge in [-0.25, -0.2) is 0 Å². The minimum atomic E-state index is -0.267. The Labute approximate surface area is 99.9 Å². The van der Waals surface area contributed by atoms with Crippen LogP contribution in [0.15, 0.2) is 4.99 Å². The molecule has 0 bridgehead atoms. The van der Waals surface area contributed by atoms with Crippen molar-refractivity contribution in [3.63, 3.8) is 0 Å². The van der Waals surface area contributed by atoms with Gasteiger partial charge >= 0.3 is 0 Å². The highest BCUT2D eigenvalue weighted by Crippen LogP contribution is 2.17. The summed E-state index contributed by atoms with van der Waals surface area (Å²) in [5.41, 5.74) is 0.664. The molecule has 3 nitrogen and oxygen atoms in total. The predicted octanol–water partition coefficient (Wildman–Crippen LogP) is 2.75. The van der Waals surface area contributed by atoms with Gasteiger partial charge in [0.05, 0.1) is 0 Å². The molecule has 0 N–H and O–H groups in total. The fourth-order valence-electron chi connectivity index (χ4n) is 1.37. The van der Waals surface area contributed by atoms with E-state index < -0.39 is 0 Å². The van der Waals surface area contributed by atoms with Gasteiger partial charge in [0.25, 0.3) is 0 Å². The third kappa shape index (κ3) is 5.40. The number of aliphatic imine (C=N–C) groups is 1. The van der Waals surface area contributed by atoms with Crippen LogP contribution in [0.25, 0.3) is 0 Å². The molecule has 0 radical (unpaired) electrons. The number of carbonyl (C=O) groups is 1. The van der Waals surface area contributed by atoms with Gasteiger partial charge in [0, 0.05) is 17.5 Å². The lowest BCUT2D eigenvalue weighted by molar-refractivity contribution is -0.125. The molecule has 94 valence electrons. The molecule has 0 heterocycles. The quantitative estimate of drug-likeness (QED) is 0.675. The minimum Gasteiger partial charge on any atom is -0.299 e. The molecule has 0 aliphatic carbocycles. The summed E-state index contributed by atoms with van der Waals surface area (Å²) in [6.45, 7) is 9.90. The monoisotopic (exact) mass is 226 g/mol. The summed E-state index contributed by atoms with van der Waals surface area (Å²) < 4.78 is 0. The third-order valence-corrected chi connectivity index (χ3v) is 2.58. The molecule has 0 rings (SSSR count). The smallest absolute Gasteiger partial charge is 0.143 e. The second-order valence-corrected chi connectivity index (χ2v) is 5.57. The fraction of sp³-hybridized carbons (Fsp3) is 0.846. The van der Waals surface area contributed by atoms with Crippen molar-refractivity contribution in [1.82, 2.24) is 4.90 Å². The Morgan fingerprint density at radius 3 is 2.12 bits per heavy atom. The van der Waals surface area contributed by atoms with Crippen molar-refractivity contribution in [3.8, 4) is 0 Å². The van der Waals surface area contributed by atoms with Gasteiger partial charge in [-0.15, -0.1) is 0 Å². The molecule has 0 aromatic carbocycles. The standard InChI is InChI=1S/C13H26N2O/c1-8-12(15(6)7)14-10(2)9-11(16)13(3,4)5/h12H,8-9H2,1-7H3. The highest BCUT2D eigenvalue weighted by atomic mass is 16.1. The first-order valence-corrected chi connectivity index (χ1v) is 5.91. The lowest BCUT2D eigenvalue weighted by atomic mass is 9.88. The molecular formula is C13H26N2O. The van der Waals surface area contributed by atoms with Crippen molar-refractivity contribution in [2.75, 3.05) is 14.1 Å². The van der Waals surface area contributed by atoms with Gasteiger partial charge in [0.1, 0.15) is 11.9 Å². The van der Waals surface area contributed by atoms with E-state index in [9.17, 15) is 4.79 Å². The van der Waals surface area contributed by atoms with Gasteiger partial charge in [-0.3, -0.25) is 14.7 Å². The van der Waals surface area contributed by atoms with Crippen LogP contribution in [-0.2, 0) is 4.79 Å². The maximum absolute atomic E-state index is 11.8. The van der Waals surface area contributed by atoms with Crippen molar-refractivity contribution in [2.45, 2.75) is 53.6 Å². The van der Waals surface area contributed by atoms with E-state index in [1.807, 2.05) is 41.8 Å². The lowest BCUT2D eigenvalue weighted by Gasteiger charge is -2.21. The van der Waals surface area contributed by atoms with Gasteiger partial charge in [0.2, 0.25) is 0 Å². The first-order chi connectivity index (χ1) is 7.18. The minimum absolute atomic E-state index is 0.188. The van der Waals surface area contributed by atoms with E-state index in [1.165, 1.54) is 0 Å². The topological polar surface area (TPSA) is 32.7 Å². The van der Waals surface area contributed by atoms with Gasteiger partial charge in [-0.2, -0.15) is 0 Å². The molecule has 1 atom stereocenters. The van der Waals surface area contributed by atoms with Crippen LogP contribution in [0, 0.1) is 5.41 Å². The number of carbonyl (C=O) groups excluding carboxylic acids is 1. The van der Waals surface area contributed by atoms with E-state index in [1.54, 1.807) is 0 Å². The summed E-state index contributed by atoms with van der Waals surface area (Å²) in [5, 5.41) is 0. The predicted molar refractivity (Wildman–Crippen MR) is 70.0 cm³/mol. The first kappa shape index (κ1) is 15.3. The number of nitrogens with zero attached hydrogens (tertiary/aromatic N) is 2. The Bertz CT molecular complexity index is 262. The molecule has 0 spiro atoms. The van der Waals surface area contributed by atoms with Crippen molar-refractivity contribution in [1.29, 1.82) is 0 Å². The van der Waals surface area contributed by atoms with E-state index in [0.29, 0.717) is 6.42 Å². The van der Waals surface area contributed by atoms with E-state index in [2.05, 4.69) is 16.8 Å². The Hall–Kier alpha value is -0.700. The van der Waals surface area contributed by atoms with E-state index in [-0.39, 0.29) is 17.4 Å². The zero-order chi connectivity index (χ0) is 12.9. The van der Waals surface area contributed by atoms with Crippen LogP contribution < -0.4 is 0 Å². The average molecular weight is 226 g/mol. The Kier molecular flexibility index (Phi) is 5.87. The molecule has 0 amide bonds. The number of ketones is 1. The summed E-state index contributed by atoms with van der Waals surface area (Å²) in [6.07, 6.45) is 1.62. The van der Waals surface area contributed by atoms with Crippen LogP contribution in [0.2, 0.25) is 0 Å². The lowest BCUT2D eigenvalue weighted by Crippen LogP contribution is -2.27. The molecule has 0 saturated carbocycles. The van der Waals surface area contributed by atoms with Crippen molar-refractivity contribution < 1.29 is 4.79 Å². The van der Waals surface area contributed by atoms with Crippen LogP contribution in [-0.4, -0.2) is 36.7 Å². The number of rotatable bonds is 5. The van der Waals surface area contributed by atoms with Gasteiger partial charge in [-0.05, 0) is 27.4 Å². The van der Waals surface area contributed by atoms with Crippen LogP contribution in [0.1, 0.15) is 47.5 Å². The van der Waals surface area contributed by atoms with Crippen molar-refractivity contribution in [2.24, 2.45) is 10.4 Å². The second kappa shape index (κ2) is 6.14. The molecule has 3 heteroatoms. The van der Waals surface area contributed by atoms with Gasteiger partial charge < -0.3 is 0 Å². The maximum Gasteiger partial charge on any atom is 0.143 e. The number of Topliss-reactive ketones (excluding diaryl/α,β-unsaturated/α-hetero) is 1. The van der Waals surface area contributed by atoms with Gasteiger partial charge in [0.15, 0.2) is 0 Å². The molecule has 0 aromatic heterocycles. The van der Waals surface area contributed by atoms with Crippen molar-refractivity contribution >= 4 is 11.5 Å². The third-order valence-electron chi connectivity index (χ3n) is 2.58. The second-order valence-electron chi connectivity index (χ2n) is 5.57. The summed E-state index contributed by atoms with van der Waals surface area (Å²) >= 11 is 0. The summed E-state index contributed by atoms with van der Waals surface area (Å²) in [6, 6.07) is 0. The normalized spacial score (nSPS) is 15.4. The number of hydrogen-bond acceptors (Lipinski definition) is 3. The summed E-state index contributed by atoms with van der Waals surface area (Å²) in [7, 11) is 4.02. The van der Waals surface area contributed by atoms with Crippen LogP contribution >= 0.6 is 0 Å².